The molecule has 4 aliphatic carbocycles. The van der Waals surface area contributed by atoms with Gasteiger partial charge in [0.05, 0.1) is 11.9 Å². The van der Waals surface area contributed by atoms with Gasteiger partial charge in [0, 0.05) is 55.6 Å². The second-order valence-corrected chi connectivity index (χ2v) is 18.5. The van der Waals surface area contributed by atoms with Gasteiger partial charge in [-0.3, -0.25) is 4.79 Å². The van der Waals surface area contributed by atoms with Gasteiger partial charge in [-0.1, -0.05) is 72.9 Å². The van der Waals surface area contributed by atoms with E-state index < -0.39 is 23.7 Å². The molecule has 4 aliphatic rings. The van der Waals surface area contributed by atoms with Crippen LogP contribution in [0.1, 0.15) is 130 Å². The molecular weight excluding hydrogens is 665 g/mol. The molecule has 0 bridgehead atoms. The molecule has 0 spiro atoms. The van der Waals surface area contributed by atoms with Crippen LogP contribution in [0.5, 0.6) is 5.75 Å². The third kappa shape index (κ3) is 8.22. The topological polar surface area (TPSA) is 137 Å². The van der Waals surface area contributed by atoms with Gasteiger partial charge in [-0.05, 0) is 104 Å². The third-order valence-corrected chi connectivity index (χ3v) is 15.0. The Hall–Kier alpha value is -2.91. The predicted molar refractivity (Wildman–Crippen MR) is 208 cm³/mol. The molecule has 9 heteroatoms. The van der Waals surface area contributed by atoms with E-state index in [0.29, 0.717) is 36.0 Å². The van der Waals surface area contributed by atoms with Crippen LogP contribution in [0.15, 0.2) is 36.8 Å². The number of ether oxygens (including phenoxy) is 1. The Bertz CT molecular complexity index is 1510. The molecule has 11 atom stereocenters. The summed E-state index contributed by atoms with van der Waals surface area (Å²) in [6.07, 6.45) is 16.2. The van der Waals surface area contributed by atoms with Gasteiger partial charge in [-0.2, -0.15) is 0 Å². The Kier molecular flexibility index (Phi) is 12.3. The van der Waals surface area contributed by atoms with E-state index in [-0.39, 0.29) is 36.0 Å². The molecule has 1 aromatic heterocycles. The van der Waals surface area contributed by atoms with Crippen molar-refractivity contribution in [1.29, 1.82) is 0 Å². The van der Waals surface area contributed by atoms with Crippen LogP contribution in [0.4, 0.5) is 0 Å². The molecular formula is C44H68N4O5. The van der Waals surface area contributed by atoms with E-state index in [1.165, 1.54) is 38.5 Å². The number of rotatable bonds is 15. The van der Waals surface area contributed by atoms with Crippen molar-refractivity contribution in [2.45, 2.75) is 155 Å². The number of fused-ring (bicyclic) bond motifs is 5. The zero-order valence-electron chi connectivity index (χ0n) is 33.3. The van der Waals surface area contributed by atoms with E-state index in [1.54, 1.807) is 37.5 Å². The zero-order chi connectivity index (χ0) is 38.0. The van der Waals surface area contributed by atoms with Crippen LogP contribution in [0, 0.1) is 46.3 Å². The Labute approximate surface area is 318 Å². The minimum Gasteiger partial charge on any atom is -0.508 e. The van der Waals surface area contributed by atoms with Gasteiger partial charge in [-0.15, -0.1) is 0 Å². The number of nitrogens with one attached hydrogen (secondary N) is 3. The highest BCUT2D eigenvalue weighted by molar-refractivity contribution is 5.84. The summed E-state index contributed by atoms with van der Waals surface area (Å²) < 4.78 is 6.27. The summed E-state index contributed by atoms with van der Waals surface area (Å²) in [5.74, 6) is 3.36. The maximum absolute atomic E-state index is 13.8. The molecule has 0 aliphatic heterocycles. The number of aromatic nitrogens is 2. The van der Waals surface area contributed by atoms with Crippen LogP contribution in [0.3, 0.4) is 0 Å². The van der Waals surface area contributed by atoms with Gasteiger partial charge < -0.3 is 30.6 Å². The van der Waals surface area contributed by atoms with Crippen molar-refractivity contribution in [1.82, 2.24) is 20.6 Å². The first-order valence-corrected chi connectivity index (χ1v) is 21.0. The van der Waals surface area contributed by atoms with Crippen LogP contribution in [0.25, 0.3) is 0 Å². The molecule has 4 fully saturated rings. The highest BCUT2D eigenvalue weighted by Crippen LogP contribution is 2.69. The number of H-pyrrole nitrogens is 1. The number of aromatic hydroxyl groups is 1. The Morgan fingerprint density at radius 2 is 1.81 bits per heavy atom. The highest BCUT2D eigenvalue weighted by Gasteiger charge is 2.68. The summed E-state index contributed by atoms with van der Waals surface area (Å²) in [5, 5.41) is 29.7. The molecule has 0 unspecified atom stereocenters. The number of carbonyl (C=O) groups is 2. The van der Waals surface area contributed by atoms with E-state index in [9.17, 15) is 19.8 Å². The number of hydrogen-bond donors (Lipinski definition) is 5. The first-order valence-electron chi connectivity index (χ1n) is 21.0. The number of hydrogen-bond acceptors (Lipinski definition) is 7. The number of aliphatic hydroxyl groups is 1. The molecule has 1 aromatic carbocycles. The normalized spacial score (nSPS) is 34.8. The number of phenols is 1. The predicted octanol–water partition coefficient (Wildman–Crippen LogP) is 7.51. The fourth-order valence-electron chi connectivity index (χ4n) is 12.1. The molecule has 4 saturated carbocycles. The van der Waals surface area contributed by atoms with Crippen LogP contribution in [-0.2, 0) is 27.2 Å². The van der Waals surface area contributed by atoms with E-state index in [2.05, 4.69) is 55.2 Å². The lowest BCUT2D eigenvalue weighted by Crippen LogP contribution is -2.71. The number of aromatic amines is 1. The maximum atomic E-state index is 13.8. The van der Waals surface area contributed by atoms with Crippen molar-refractivity contribution in [3.05, 3.63) is 48.0 Å². The monoisotopic (exact) mass is 733 g/mol. The minimum absolute atomic E-state index is 0.129. The summed E-state index contributed by atoms with van der Waals surface area (Å²) >= 11 is 0. The first kappa shape index (κ1) is 39.8. The largest absolute Gasteiger partial charge is 0.508 e. The van der Waals surface area contributed by atoms with E-state index in [4.69, 9.17) is 4.74 Å². The first-order chi connectivity index (χ1) is 25.3. The van der Waals surface area contributed by atoms with Gasteiger partial charge in [0.2, 0.25) is 5.91 Å². The molecule has 0 saturated heterocycles. The molecule has 1 amide bonds. The second-order valence-electron chi connectivity index (χ2n) is 18.5. The average molecular weight is 733 g/mol. The van der Waals surface area contributed by atoms with Crippen molar-refractivity contribution in [2.75, 3.05) is 6.54 Å². The molecule has 6 rings (SSSR count). The van der Waals surface area contributed by atoms with Gasteiger partial charge in [-0.25, -0.2) is 9.78 Å². The minimum atomic E-state index is -1.06. The molecule has 1 heterocycles. The molecule has 2 aromatic rings. The summed E-state index contributed by atoms with van der Waals surface area (Å²) in [6.45, 7) is 14.7. The third-order valence-electron chi connectivity index (χ3n) is 15.0. The number of phenolic OH excluding ortho intramolecular Hbond substituents is 1. The number of benzene rings is 1. The highest BCUT2D eigenvalue weighted by atomic mass is 16.5. The average Bonchev–Trinajstić information content (AvgIpc) is 3.77. The molecule has 294 valence electrons. The number of carbonyl (C=O) groups excluding carboxylic acids is 2. The summed E-state index contributed by atoms with van der Waals surface area (Å²) in [6, 6.07) is 5.70. The van der Waals surface area contributed by atoms with E-state index in [0.717, 1.165) is 61.2 Å². The lowest BCUT2D eigenvalue weighted by Gasteiger charge is -2.66. The quantitative estimate of drug-likeness (QED) is 0.120. The van der Waals surface area contributed by atoms with Crippen molar-refractivity contribution in [2.24, 2.45) is 46.3 Å². The van der Waals surface area contributed by atoms with E-state index in [1.807, 2.05) is 6.20 Å². The lowest BCUT2D eigenvalue weighted by atomic mass is 9.42. The van der Waals surface area contributed by atoms with Gasteiger partial charge >= 0.3 is 5.97 Å². The summed E-state index contributed by atoms with van der Waals surface area (Å²) in [7, 11) is 0. The standard InChI is InChI=1S/C44H68N4O5/c1-7-40(50)48-38(23-30-11-13-32(49)14-12-30)41(51)53-33-17-21-43(6)37-18-20-42(5)35(29(4)10-8-9-28(2)3)15-16-36(42)34(37)24-39(44(43,52)25-33)46-22-19-31-26-45-27-47-31/h11-14,26-29,33-39,46,49,52H,7-10,15-25H2,1-6H3,(H,45,47)(H,48,50)/t29-,33+,34+,35-,36+,37+,38+,39-,42-,43-,44+/m1/s1. The summed E-state index contributed by atoms with van der Waals surface area (Å²) in [4.78, 5) is 33.8. The van der Waals surface area contributed by atoms with Crippen molar-refractivity contribution in [3.63, 3.8) is 0 Å². The van der Waals surface area contributed by atoms with Crippen LogP contribution < -0.4 is 10.6 Å². The Morgan fingerprint density at radius 3 is 2.51 bits per heavy atom. The Balaban J connectivity index is 1.21. The molecule has 9 nitrogen and oxygen atoms in total. The van der Waals surface area contributed by atoms with Crippen molar-refractivity contribution < 1.29 is 24.5 Å². The fraction of sp³-hybridized carbons (Fsp3) is 0.750. The van der Waals surface area contributed by atoms with E-state index >= 15 is 0 Å². The maximum Gasteiger partial charge on any atom is 0.329 e. The smallest absolute Gasteiger partial charge is 0.329 e. The summed E-state index contributed by atoms with van der Waals surface area (Å²) in [5.41, 5.74) is 0.863. The van der Waals surface area contributed by atoms with Gasteiger partial charge in [0.1, 0.15) is 17.9 Å². The second kappa shape index (κ2) is 16.4. The SMILES string of the molecule is CCC(=O)N[C@@H](Cc1ccc(O)cc1)C(=O)O[C@H]1CC[C@]2(C)[C@H]3CC[C@]4(C)[C@@H]([C@H](C)CCCC(C)C)CC[C@H]4[C@@H]3C[C@@H](NCCc3cnc[nH]3)[C@@]2(O)C1. The lowest BCUT2D eigenvalue weighted by molar-refractivity contribution is -0.237. The van der Waals surface area contributed by atoms with Crippen LogP contribution in [-0.4, -0.2) is 62.4 Å². The molecule has 0 radical (unpaired) electrons. The van der Waals surface area contributed by atoms with Crippen LogP contribution in [0.2, 0.25) is 0 Å². The fourth-order valence-corrected chi connectivity index (χ4v) is 12.1. The van der Waals surface area contributed by atoms with Crippen molar-refractivity contribution in [3.8, 4) is 5.75 Å². The Morgan fingerprint density at radius 1 is 1.04 bits per heavy atom. The number of amides is 1. The number of esters is 1. The number of nitrogens with zero attached hydrogens (tertiary/aromatic N) is 1. The van der Waals surface area contributed by atoms with Gasteiger partial charge in [0.15, 0.2) is 0 Å². The molecule has 53 heavy (non-hydrogen) atoms. The molecule has 5 N–H and O–H groups in total. The zero-order valence-corrected chi connectivity index (χ0v) is 33.3. The van der Waals surface area contributed by atoms with Crippen molar-refractivity contribution >= 4 is 11.9 Å². The van der Waals surface area contributed by atoms with Crippen LogP contribution >= 0.6 is 0 Å². The van der Waals surface area contributed by atoms with Gasteiger partial charge in [0.25, 0.3) is 0 Å². The number of imidazole rings is 1.